The fourth-order valence-electron chi connectivity index (χ4n) is 2.66. The predicted molar refractivity (Wildman–Crippen MR) is 81.7 cm³/mol. The summed E-state index contributed by atoms with van der Waals surface area (Å²) in [6.45, 7) is 3.06. The van der Waals surface area contributed by atoms with Gasteiger partial charge in [-0.2, -0.15) is 0 Å². The zero-order valence-electron chi connectivity index (χ0n) is 12.4. The van der Waals surface area contributed by atoms with Gasteiger partial charge in [0.1, 0.15) is 5.69 Å². The van der Waals surface area contributed by atoms with Gasteiger partial charge >= 0.3 is 0 Å². The van der Waals surface area contributed by atoms with Crippen LogP contribution >= 0.6 is 0 Å². The second-order valence-corrected chi connectivity index (χ2v) is 5.70. The van der Waals surface area contributed by atoms with E-state index in [0.29, 0.717) is 18.0 Å². The number of nitrogens with one attached hydrogen (secondary N) is 1. The van der Waals surface area contributed by atoms with Crippen molar-refractivity contribution in [1.82, 2.24) is 10.3 Å². The van der Waals surface area contributed by atoms with Gasteiger partial charge in [0.15, 0.2) is 0 Å². The van der Waals surface area contributed by atoms with Crippen molar-refractivity contribution >= 4 is 5.91 Å². The SMILES string of the molecule is CC1CCC(CNC(=O)c2ccc(C#CCCO)cn2)C1. The molecule has 4 nitrogen and oxygen atoms in total. The average molecular weight is 286 g/mol. The van der Waals surface area contributed by atoms with Crippen molar-refractivity contribution in [2.75, 3.05) is 13.2 Å². The number of aliphatic hydroxyl groups excluding tert-OH is 1. The Hall–Kier alpha value is -1.86. The highest BCUT2D eigenvalue weighted by molar-refractivity contribution is 5.92. The first-order chi connectivity index (χ1) is 10.2. The van der Waals surface area contributed by atoms with E-state index in [1.807, 2.05) is 0 Å². The summed E-state index contributed by atoms with van der Waals surface area (Å²) in [6, 6.07) is 3.47. The van der Waals surface area contributed by atoms with Crippen molar-refractivity contribution in [2.45, 2.75) is 32.6 Å². The van der Waals surface area contributed by atoms with Crippen LogP contribution in [0.25, 0.3) is 0 Å². The molecular formula is C17H22N2O2. The lowest BCUT2D eigenvalue weighted by atomic mass is 10.1. The standard InChI is InChI=1S/C17H22N2O2/c1-13-5-6-15(10-13)12-19-17(21)16-8-7-14(11-18-16)4-2-3-9-20/h7-8,11,13,15,20H,3,5-6,9-10,12H2,1H3,(H,19,21). The van der Waals surface area contributed by atoms with Crippen LogP contribution in [0.3, 0.4) is 0 Å². The summed E-state index contributed by atoms with van der Waals surface area (Å²) in [5.41, 5.74) is 1.18. The van der Waals surface area contributed by atoms with E-state index >= 15 is 0 Å². The fraction of sp³-hybridized carbons (Fsp3) is 0.529. The number of carbonyl (C=O) groups is 1. The van der Waals surface area contributed by atoms with E-state index in [1.165, 1.54) is 19.3 Å². The smallest absolute Gasteiger partial charge is 0.269 e. The highest BCUT2D eigenvalue weighted by Crippen LogP contribution is 2.29. The molecule has 2 unspecified atom stereocenters. The van der Waals surface area contributed by atoms with Gasteiger partial charge in [-0.05, 0) is 36.8 Å². The molecule has 2 rings (SSSR count). The van der Waals surface area contributed by atoms with Crippen LogP contribution in [0.5, 0.6) is 0 Å². The minimum Gasteiger partial charge on any atom is -0.395 e. The van der Waals surface area contributed by atoms with Crippen LogP contribution < -0.4 is 5.32 Å². The second kappa shape index (κ2) is 7.80. The van der Waals surface area contributed by atoms with Crippen LogP contribution in [0.2, 0.25) is 0 Å². The third-order valence-corrected chi connectivity index (χ3v) is 3.82. The average Bonchev–Trinajstić information content (AvgIpc) is 2.91. The van der Waals surface area contributed by atoms with E-state index in [9.17, 15) is 4.79 Å². The van der Waals surface area contributed by atoms with Gasteiger partial charge in [0, 0.05) is 24.7 Å². The molecule has 21 heavy (non-hydrogen) atoms. The van der Waals surface area contributed by atoms with Gasteiger partial charge in [-0.25, -0.2) is 4.98 Å². The van der Waals surface area contributed by atoms with Gasteiger partial charge in [-0.15, -0.1) is 0 Å². The molecule has 0 spiro atoms. The number of rotatable bonds is 4. The summed E-state index contributed by atoms with van der Waals surface area (Å²) >= 11 is 0. The molecule has 1 saturated carbocycles. The first-order valence-electron chi connectivity index (χ1n) is 7.53. The summed E-state index contributed by atoms with van der Waals surface area (Å²) in [7, 11) is 0. The number of hydrogen-bond donors (Lipinski definition) is 2. The number of amides is 1. The number of aromatic nitrogens is 1. The maximum atomic E-state index is 12.0. The molecule has 1 aromatic heterocycles. The van der Waals surface area contributed by atoms with Crippen LogP contribution in [0, 0.1) is 23.7 Å². The number of nitrogens with zero attached hydrogens (tertiary/aromatic N) is 1. The van der Waals surface area contributed by atoms with Crippen molar-refractivity contribution < 1.29 is 9.90 Å². The van der Waals surface area contributed by atoms with Crippen molar-refractivity contribution in [2.24, 2.45) is 11.8 Å². The molecule has 2 N–H and O–H groups in total. The highest BCUT2D eigenvalue weighted by Gasteiger charge is 2.21. The lowest BCUT2D eigenvalue weighted by Crippen LogP contribution is -2.29. The van der Waals surface area contributed by atoms with Crippen LogP contribution in [-0.2, 0) is 0 Å². The Labute approximate surface area is 126 Å². The highest BCUT2D eigenvalue weighted by atomic mass is 16.2. The van der Waals surface area contributed by atoms with Crippen LogP contribution in [0.1, 0.15) is 48.7 Å². The molecular weight excluding hydrogens is 264 g/mol. The lowest BCUT2D eigenvalue weighted by molar-refractivity contribution is 0.0942. The molecule has 0 bridgehead atoms. The van der Waals surface area contributed by atoms with Crippen LogP contribution in [-0.4, -0.2) is 29.1 Å². The Bertz CT molecular complexity index is 528. The summed E-state index contributed by atoms with van der Waals surface area (Å²) in [5.74, 6) is 6.98. The fourth-order valence-corrected chi connectivity index (χ4v) is 2.66. The summed E-state index contributed by atoms with van der Waals surface area (Å²) in [6.07, 6.45) is 5.71. The minimum atomic E-state index is -0.121. The van der Waals surface area contributed by atoms with E-state index in [-0.39, 0.29) is 12.5 Å². The molecule has 1 heterocycles. The summed E-state index contributed by atoms with van der Waals surface area (Å²) < 4.78 is 0. The molecule has 1 amide bonds. The second-order valence-electron chi connectivity index (χ2n) is 5.70. The number of pyridine rings is 1. The summed E-state index contributed by atoms with van der Waals surface area (Å²) in [4.78, 5) is 16.2. The summed E-state index contributed by atoms with van der Waals surface area (Å²) in [5, 5.41) is 11.6. The lowest BCUT2D eigenvalue weighted by Gasteiger charge is -2.10. The van der Waals surface area contributed by atoms with Crippen molar-refractivity contribution in [3.05, 3.63) is 29.6 Å². The van der Waals surface area contributed by atoms with Crippen LogP contribution in [0.15, 0.2) is 18.3 Å². The number of aliphatic hydroxyl groups is 1. The minimum absolute atomic E-state index is 0.0563. The Morgan fingerprint density at radius 3 is 2.95 bits per heavy atom. The van der Waals surface area contributed by atoms with E-state index in [4.69, 9.17) is 5.11 Å². The number of carbonyl (C=O) groups excluding carboxylic acids is 1. The molecule has 0 saturated heterocycles. The zero-order valence-corrected chi connectivity index (χ0v) is 12.4. The molecule has 1 aliphatic rings. The van der Waals surface area contributed by atoms with E-state index < -0.39 is 0 Å². The van der Waals surface area contributed by atoms with E-state index in [1.54, 1.807) is 18.3 Å². The van der Waals surface area contributed by atoms with Gasteiger partial charge in [-0.1, -0.05) is 25.2 Å². The molecule has 4 heteroatoms. The quantitative estimate of drug-likeness (QED) is 0.832. The van der Waals surface area contributed by atoms with Crippen molar-refractivity contribution in [3.63, 3.8) is 0 Å². The molecule has 112 valence electrons. The maximum absolute atomic E-state index is 12.0. The maximum Gasteiger partial charge on any atom is 0.269 e. The molecule has 2 atom stereocenters. The first kappa shape index (κ1) is 15.5. The largest absolute Gasteiger partial charge is 0.395 e. The van der Waals surface area contributed by atoms with Gasteiger partial charge < -0.3 is 10.4 Å². The van der Waals surface area contributed by atoms with Gasteiger partial charge in [0.25, 0.3) is 5.91 Å². The number of hydrogen-bond acceptors (Lipinski definition) is 3. The monoisotopic (exact) mass is 286 g/mol. The van der Waals surface area contributed by atoms with Gasteiger partial charge in [0.2, 0.25) is 0 Å². The Kier molecular flexibility index (Phi) is 5.77. The van der Waals surface area contributed by atoms with E-state index in [2.05, 4.69) is 29.1 Å². The Balaban J connectivity index is 1.84. The van der Waals surface area contributed by atoms with E-state index in [0.717, 1.165) is 18.0 Å². The third kappa shape index (κ3) is 4.87. The normalized spacial score (nSPS) is 20.7. The molecule has 1 aromatic rings. The molecule has 0 aromatic carbocycles. The van der Waals surface area contributed by atoms with Crippen LogP contribution in [0.4, 0.5) is 0 Å². The Morgan fingerprint density at radius 2 is 2.33 bits per heavy atom. The van der Waals surface area contributed by atoms with Crippen molar-refractivity contribution in [3.8, 4) is 11.8 Å². The zero-order chi connectivity index (χ0) is 15.1. The third-order valence-electron chi connectivity index (χ3n) is 3.82. The molecule has 1 aliphatic carbocycles. The van der Waals surface area contributed by atoms with Gasteiger partial charge in [-0.3, -0.25) is 4.79 Å². The first-order valence-corrected chi connectivity index (χ1v) is 7.53. The molecule has 0 aliphatic heterocycles. The molecule has 0 radical (unpaired) electrons. The molecule has 1 fully saturated rings. The Morgan fingerprint density at radius 1 is 1.48 bits per heavy atom. The topological polar surface area (TPSA) is 62.2 Å². The predicted octanol–water partition coefficient (Wildman–Crippen LogP) is 1.98. The van der Waals surface area contributed by atoms with Gasteiger partial charge in [0.05, 0.1) is 6.61 Å². The van der Waals surface area contributed by atoms with Crippen molar-refractivity contribution in [1.29, 1.82) is 0 Å².